The monoisotopic (exact) mass is 407 g/mol. The van der Waals surface area contributed by atoms with Crippen molar-refractivity contribution < 1.29 is 17.6 Å². The van der Waals surface area contributed by atoms with Gasteiger partial charge in [0.1, 0.15) is 5.75 Å². The highest BCUT2D eigenvalue weighted by Gasteiger charge is 2.32. The van der Waals surface area contributed by atoms with Crippen molar-refractivity contribution in [1.82, 2.24) is 15.1 Å². The van der Waals surface area contributed by atoms with Gasteiger partial charge in [-0.3, -0.25) is 4.90 Å². The molecule has 1 aliphatic heterocycles. The summed E-state index contributed by atoms with van der Waals surface area (Å²) in [5.41, 5.74) is 0.840. The van der Waals surface area contributed by atoms with Gasteiger partial charge in [0.05, 0.1) is 24.7 Å². The Hall–Kier alpha value is -1.93. The first-order valence-corrected chi connectivity index (χ1v) is 11.8. The van der Waals surface area contributed by atoms with Crippen LogP contribution < -0.4 is 4.74 Å². The van der Waals surface area contributed by atoms with E-state index in [1.807, 2.05) is 24.3 Å². The zero-order valence-corrected chi connectivity index (χ0v) is 17.5. The van der Waals surface area contributed by atoms with Gasteiger partial charge in [0.2, 0.25) is 11.8 Å². The van der Waals surface area contributed by atoms with Crippen molar-refractivity contribution in [2.75, 3.05) is 24.7 Å². The summed E-state index contributed by atoms with van der Waals surface area (Å²) < 4.78 is 35.1. The van der Waals surface area contributed by atoms with Gasteiger partial charge in [-0.2, -0.15) is 0 Å². The predicted molar refractivity (Wildman–Crippen MR) is 108 cm³/mol. The summed E-state index contributed by atoms with van der Waals surface area (Å²) in [6.07, 6.45) is 3.75. The quantitative estimate of drug-likeness (QED) is 0.559. The predicted octanol–water partition coefficient (Wildman–Crippen LogP) is 3.31. The maximum Gasteiger partial charge on any atom is 0.247 e. The molecule has 0 saturated carbocycles. The first-order chi connectivity index (χ1) is 13.5. The second-order valence-corrected chi connectivity index (χ2v) is 9.48. The molecule has 1 aromatic carbocycles. The normalized spacial score (nSPS) is 18.6. The Balaban J connectivity index is 1.64. The largest absolute Gasteiger partial charge is 0.494 e. The Bertz CT molecular complexity index is 849. The lowest BCUT2D eigenvalue weighted by Crippen LogP contribution is -2.36. The molecule has 0 N–H and O–H groups in total. The maximum absolute atomic E-state index is 11.8. The molecule has 0 unspecified atom stereocenters. The topological polar surface area (TPSA) is 85.5 Å². The molecular weight excluding hydrogens is 378 g/mol. The molecule has 154 valence electrons. The number of nitrogens with zero attached hydrogens (tertiary/aromatic N) is 3. The minimum absolute atomic E-state index is 0.0276. The van der Waals surface area contributed by atoms with Crippen molar-refractivity contribution in [2.24, 2.45) is 0 Å². The maximum atomic E-state index is 11.8. The third-order valence-corrected chi connectivity index (χ3v) is 6.66. The molecule has 0 radical (unpaired) electrons. The minimum Gasteiger partial charge on any atom is -0.494 e. The fourth-order valence-electron chi connectivity index (χ4n) is 3.38. The highest BCUT2D eigenvalue weighted by Crippen LogP contribution is 2.24. The van der Waals surface area contributed by atoms with E-state index in [-0.39, 0.29) is 17.5 Å². The van der Waals surface area contributed by atoms with E-state index < -0.39 is 9.84 Å². The van der Waals surface area contributed by atoms with Crippen molar-refractivity contribution >= 4 is 9.84 Å². The van der Waals surface area contributed by atoms with Crippen LogP contribution in [0, 0.1) is 0 Å². The number of hydrogen-bond acceptors (Lipinski definition) is 7. The second-order valence-electron chi connectivity index (χ2n) is 7.25. The third-order valence-electron chi connectivity index (χ3n) is 4.91. The van der Waals surface area contributed by atoms with E-state index in [1.165, 1.54) is 0 Å². The van der Waals surface area contributed by atoms with Crippen LogP contribution in [0.5, 0.6) is 5.75 Å². The Morgan fingerprint density at radius 3 is 2.61 bits per heavy atom. The van der Waals surface area contributed by atoms with E-state index >= 15 is 0 Å². The number of rotatable bonds is 10. The lowest BCUT2D eigenvalue weighted by atomic mass is 10.2. The van der Waals surface area contributed by atoms with Crippen LogP contribution in [-0.4, -0.2) is 54.2 Å². The molecule has 2 aromatic rings. The van der Waals surface area contributed by atoms with Gasteiger partial charge in [-0.1, -0.05) is 20.3 Å². The van der Waals surface area contributed by atoms with Gasteiger partial charge in [-0.25, -0.2) is 8.42 Å². The van der Waals surface area contributed by atoms with Crippen LogP contribution in [0.3, 0.4) is 0 Å². The van der Waals surface area contributed by atoms with Gasteiger partial charge in [-0.15, -0.1) is 10.2 Å². The zero-order chi connectivity index (χ0) is 20.0. The molecule has 0 aliphatic carbocycles. The van der Waals surface area contributed by atoms with Crippen molar-refractivity contribution in [3.05, 3.63) is 30.2 Å². The molecule has 1 aromatic heterocycles. The number of sulfone groups is 1. The first-order valence-electron chi connectivity index (χ1n) is 10.0. The minimum atomic E-state index is -2.92. The van der Waals surface area contributed by atoms with Gasteiger partial charge >= 0.3 is 0 Å². The van der Waals surface area contributed by atoms with Crippen LogP contribution >= 0.6 is 0 Å². The van der Waals surface area contributed by atoms with Crippen molar-refractivity contribution in [1.29, 1.82) is 0 Å². The highest BCUT2D eigenvalue weighted by atomic mass is 32.2. The fourth-order valence-corrected chi connectivity index (χ4v) is 5.14. The Labute approximate surface area is 167 Å². The average Bonchev–Trinajstić information content (AvgIpc) is 3.28. The van der Waals surface area contributed by atoms with E-state index in [2.05, 4.69) is 28.9 Å². The highest BCUT2D eigenvalue weighted by molar-refractivity contribution is 7.91. The van der Waals surface area contributed by atoms with Crippen LogP contribution in [0.2, 0.25) is 0 Å². The smallest absolute Gasteiger partial charge is 0.247 e. The molecule has 8 heteroatoms. The summed E-state index contributed by atoms with van der Waals surface area (Å²) in [6, 6.07) is 7.65. The molecule has 1 saturated heterocycles. The molecule has 3 rings (SSSR count). The summed E-state index contributed by atoms with van der Waals surface area (Å²) in [6.45, 7) is 6.21. The number of aromatic nitrogens is 2. The molecule has 0 spiro atoms. The summed E-state index contributed by atoms with van der Waals surface area (Å²) in [7, 11) is -2.92. The van der Waals surface area contributed by atoms with Gasteiger partial charge in [0.15, 0.2) is 9.84 Å². The molecular formula is C20H29N3O4S. The number of unbranched alkanes of at least 4 members (excludes halogenated alkanes) is 1. The SMILES string of the molecule is CCCCOc1ccc(-c2nnc(CN(CCC)[C@H]3CCS(=O)(=O)C3)o2)cc1. The Kier molecular flexibility index (Phi) is 7.07. The molecule has 28 heavy (non-hydrogen) atoms. The molecule has 7 nitrogen and oxygen atoms in total. The number of ether oxygens (including phenoxy) is 1. The van der Waals surface area contributed by atoms with E-state index in [0.29, 0.717) is 31.4 Å². The lowest BCUT2D eigenvalue weighted by Gasteiger charge is -2.25. The third kappa shape index (κ3) is 5.54. The fraction of sp³-hybridized carbons (Fsp3) is 0.600. The van der Waals surface area contributed by atoms with E-state index in [1.54, 1.807) is 0 Å². The summed E-state index contributed by atoms with van der Waals surface area (Å²) >= 11 is 0. The molecule has 2 heterocycles. The summed E-state index contributed by atoms with van der Waals surface area (Å²) in [5.74, 6) is 2.28. The Morgan fingerprint density at radius 1 is 1.18 bits per heavy atom. The van der Waals surface area contributed by atoms with Gasteiger partial charge < -0.3 is 9.15 Å². The van der Waals surface area contributed by atoms with Gasteiger partial charge in [-0.05, 0) is 50.1 Å². The number of hydrogen-bond donors (Lipinski definition) is 0. The van der Waals surface area contributed by atoms with Crippen LogP contribution in [0.15, 0.2) is 28.7 Å². The van der Waals surface area contributed by atoms with Crippen molar-refractivity contribution in [3.63, 3.8) is 0 Å². The standard InChI is InChI=1S/C20H29N3O4S/c1-3-5-12-26-18-8-6-16(7-9-18)20-22-21-19(27-20)14-23(11-4-2)17-10-13-28(24,25)15-17/h6-9,17H,3-5,10-15H2,1-2H3/t17-/m0/s1. The number of benzene rings is 1. The summed E-state index contributed by atoms with van der Waals surface area (Å²) in [5, 5.41) is 8.32. The van der Waals surface area contributed by atoms with E-state index in [0.717, 1.165) is 37.1 Å². The van der Waals surface area contributed by atoms with Crippen molar-refractivity contribution in [3.8, 4) is 17.2 Å². The van der Waals surface area contributed by atoms with E-state index in [4.69, 9.17) is 9.15 Å². The molecule has 1 fully saturated rings. The first kappa shape index (κ1) is 20.8. The van der Waals surface area contributed by atoms with Gasteiger partial charge in [0, 0.05) is 11.6 Å². The summed E-state index contributed by atoms with van der Waals surface area (Å²) in [4.78, 5) is 2.15. The molecule has 1 atom stereocenters. The average molecular weight is 408 g/mol. The van der Waals surface area contributed by atoms with Crippen LogP contribution in [0.4, 0.5) is 0 Å². The van der Waals surface area contributed by atoms with Crippen LogP contribution in [0.25, 0.3) is 11.5 Å². The van der Waals surface area contributed by atoms with Crippen LogP contribution in [0.1, 0.15) is 45.4 Å². The Morgan fingerprint density at radius 2 is 1.96 bits per heavy atom. The molecule has 1 aliphatic rings. The van der Waals surface area contributed by atoms with Gasteiger partial charge in [0.25, 0.3) is 0 Å². The lowest BCUT2D eigenvalue weighted by molar-refractivity contribution is 0.185. The molecule has 0 bridgehead atoms. The zero-order valence-electron chi connectivity index (χ0n) is 16.6. The van der Waals surface area contributed by atoms with Crippen LogP contribution in [-0.2, 0) is 16.4 Å². The van der Waals surface area contributed by atoms with Crippen molar-refractivity contribution in [2.45, 2.75) is 52.1 Å². The van der Waals surface area contributed by atoms with E-state index in [9.17, 15) is 8.42 Å². The second kappa shape index (κ2) is 9.52. The molecule has 0 amide bonds.